The third kappa shape index (κ3) is 4.25. The molecule has 1 fully saturated rings. The number of anilines is 1. The van der Waals surface area contributed by atoms with E-state index in [1.165, 1.54) is 18.6 Å². The third-order valence-electron chi connectivity index (χ3n) is 4.74. The summed E-state index contributed by atoms with van der Waals surface area (Å²) in [5.41, 5.74) is 1.51. The quantitative estimate of drug-likeness (QED) is 0.903. The van der Waals surface area contributed by atoms with E-state index in [-0.39, 0.29) is 11.7 Å². The van der Waals surface area contributed by atoms with Crippen LogP contribution in [0.15, 0.2) is 30.3 Å². The summed E-state index contributed by atoms with van der Waals surface area (Å²) in [6.45, 7) is 5.41. The van der Waals surface area contributed by atoms with E-state index in [9.17, 15) is 9.18 Å². The zero-order valence-electron chi connectivity index (χ0n) is 14.8. The zero-order valence-corrected chi connectivity index (χ0v) is 14.8. The van der Waals surface area contributed by atoms with Crippen LogP contribution in [0.25, 0.3) is 5.69 Å². The number of nitrogens with zero attached hydrogens (tertiary/aromatic N) is 3. The van der Waals surface area contributed by atoms with Gasteiger partial charge in [-0.05, 0) is 57.0 Å². The van der Waals surface area contributed by atoms with Crippen LogP contribution in [0.1, 0.15) is 38.3 Å². The summed E-state index contributed by atoms with van der Waals surface area (Å²) >= 11 is 0. The van der Waals surface area contributed by atoms with E-state index in [1.54, 1.807) is 16.8 Å². The Morgan fingerprint density at radius 2 is 2.08 bits per heavy atom. The molecule has 1 aliphatic heterocycles. The largest absolute Gasteiger partial charge is 0.309 e. The van der Waals surface area contributed by atoms with Crippen molar-refractivity contribution < 1.29 is 9.18 Å². The van der Waals surface area contributed by atoms with E-state index in [1.807, 2.05) is 13.0 Å². The van der Waals surface area contributed by atoms with Crippen molar-refractivity contribution in [3.8, 4) is 5.69 Å². The van der Waals surface area contributed by atoms with Crippen LogP contribution in [0, 0.1) is 12.7 Å². The van der Waals surface area contributed by atoms with Gasteiger partial charge in [-0.15, -0.1) is 0 Å². The highest BCUT2D eigenvalue weighted by Crippen LogP contribution is 2.20. The Balaban J connectivity index is 1.72. The molecule has 1 amide bonds. The highest BCUT2D eigenvalue weighted by molar-refractivity contribution is 5.91. The number of hydrogen-bond acceptors (Lipinski definition) is 3. The lowest BCUT2D eigenvalue weighted by Crippen LogP contribution is -2.43. The average Bonchev–Trinajstić information content (AvgIpc) is 2.96. The van der Waals surface area contributed by atoms with Crippen LogP contribution in [-0.4, -0.2) is 39.7 Å². The number of nitrogens with one attached hydrogen (secondary N) is 1. The second-order valence-corrected chi connectivity index (χ2v) is 6.64. The Hall–Kier alpha value is -2.21. The number of likely N-dealkylation sites (tertiary alicyclic amines) is 1. The summed E-state index contributed by atoms with van der Waals surface area (Å²) in [6.07, 6.45) is 4.62. The van der Waals surface area contributed by atoms with Crippen molar-refractivity contribution in [2.24, 2.45) is 0 Å². The van der Waals surface area contributed by atoms with Crippen molar-refractivity contribution in [3.63, 3.8) is 0 Å². The van der Waals surface area contributed by atoms with Gasteiger partial charge in [0.05, 0.1) is 17.9 Å². The van der Waals surface area contributed by atoms with Gasteiger partial charge in [-0.2, -0.15) is 5.10 Å². The molecule has 0 spiro atoms. The summed E-state index contributed by atoms with van der Waals surface area (Å²) in [7, 11) is 0. The maximum absolute atomic E-state index is 13.1. The minimum atomic E-state index is -0.297. The molecule has 1 unspecified atom stereocenters. The van der Waals surface area contributed by atoms with E-state index in [0.29, 0.717) is 24.1 Å². The number of carbonyl (C=O) groups is 1. The SMILES string of the molecule is CCC1CCCCN1CC(=O)Nc1cc(C)nn1-c1ccc(F)cc1. The molecule has 0 saturated carbocycles. The van der Waals surface area contributed by atoms with Crippen LogP contribution in [0.3, 0.4) is 0 Å². The van der Waals surface area contributed by atoms with Gasteiger partial charge in [0.25, 0.3) is 0 Å². The van der Waals surface area contributed by atoms with Crippen molar-refractivity contribution in [3.05, 3.63) is 41.8 Å². The van der Waals surface area contributed by atoms with Gasteiger partial charge in [-0.1, -0.05) is 13.3 Å². The first-order chi connectivity index (χ1) is 12.1. The second kappa shape index (κ2) is 7.78. The predicted octanol–water partition coefficient (Wildman–Crippen LogP) is 3.52. The van der Waals surface area contributed by atoms with Crippen molar-refractivity contribution in [1.29, 1.82) is 0 Å². The molecule has 2 heterocycles. The van der Waals surface area contributed by atoms with E-state index in [4.69, 9.17) is 0 Å². The van der Waals surface area contributed by atoms with Gasteiger partial charge in [0.15, 0.2) is 0 Å². The molecule has 25 heavy (non-hydrogen) atoms. The average molecular weight is 344 g/mol. The molecule has 1 N–H and O–H groups in total. The first-order valence-electron chi connectivity index (χ1n) is 8.93. The van der Waals surface area contributed by atoms with Crippen LogP contribution < -0.4 is 5.32 Å². The van der Waals surface area contributed by atoms with E-state index >= 15 is 0 Å². The molecule has 2 aromatic rings. The maximum Gasteiger partial charge on any atom is 0.239 e. The standard InChI is InChI=1S/C19H25FN4O/c1-3-16-6-4-5-11-23(16)13-19(25)21-18-12-14(2)22-24(18)17-9-7-15(20)8-10-17/h7-10,12,16H,3-6,11,13H2,1-2H3,(H,21,25). The number of benzene rings is 1. The molecule has 0 bridgehead atoms. The molecule has 3 rings (SSSR count). The number of halogens is 1. The molecular weight excluding hydrogens is 319 g/mol. The second-order valence-electron chi connectivity index (χ2n) is 6.64. The Bertz CT molecular complexity index is 726. The lowest BCUT2D eigenvalue weighted by atomic mass is 10.0. The number of carbonyl (C=O) groups excluding carboxylic acids is 1. The third-order valence-corrected chi connectivity index (χ3v) is 4.74. The highest BCUT2D eigenvalue weighted by Gasteiger charge is 2.23. The van der Waals surface area contributed by atoms with Crippen molar-refractivity contribution in [2.45, 2.75) is 45.6 Å². The smallest absolute Gasteiger partial charge is 0.239 e. The molecule has 6 heteroatoms. The molecule has 0 radical (unpaired) electrons. The monoisotopic (exact) mass is 344 g/mol. The van der Waals surface area contributed by atoms with Gasteiger partial charge < -0.3 is 5.32 Å². The molecule has 1 atom stereocenters. The lowest BCUT2D eigenvalue weighted by molar-refractivity contribution is -0.118. The Morgan fingerprint density at radius 3 is 2.80 bits per heavy atom. The Kier molecular flexibility index (Phi) is 5.48. The number of piperidine rings is 1. The van der Waals surface area contributed by atoms with E-state index in [0.717, 1.165) is 31.5 Å². The number of aryl methyl sites for hydroxylation is 1. The highest BCUT2D eigenvalue weighted by atomic mass is 19.1. The number of amides is 1. The normalized spacial score (nSPS) is 18.3. The summed E-state index contributed by atoms with van der Waals surface area (Å²) in [5.74, 6) is 0.275. The summed E-state index contributed by atoms with van der Waals surface area (Å²) < 4.78 is 14.8. The van der Waals surface area contributed by atoms with Crippen molar-refractivity contribution >= 4 is 11.7 Å². The van der Waals surface area contributed by atoms with Crippen LogP contribution >= 0.6 is 0 Å². The predicted molar refractivity (Wildman–Crippen MR) is 96.4 cm³/mol. The summed E-state index contributed by atoms with van der Waals surface area (Å²) in [4.78, 5) is 14.8. The number of hydrogen-bond donors (Lipinski definition) is 1. The van der Waals surface area contributed by atoms with Crippen LogP contribution in [-0.2, 0) is 4.79 Å². The van der Waals surface area contributed by atoms with Crippen molar-refractivity contribution in [1.82, 2.24) is 14.7 Å². The molecule has 1 aromatic heterocycles. The van der Waals surface area contributed by atoms with Crippen molar-refractivity contribution in [2.75, 3.05) is 18.4 Å². The van der Waals surface area contributed by atoms with E-state index in [2.05, 4.69) is 22.2 Å². The van der Waals surface area contributed by atoms with Gasteiger partial charge >= 0.3 is 0 Å². The minimum absolute atomic E-state index is 0.0383. The van der Waals surface area contributed by atoms with Gasteiger partial charge in [0, 0.05) is 12.1 Å². The molecule has 1 aromatic carbocycles. The van der Waals surface area contributed by atoms with Crippen LogP contribution in [0.5, 0.6) is 0 Å². The number of rotatable bonds is 5. The topological polar surface area (TPSA) is 50.2 Å². The molecule has 1 aliphatic rings. The fourth-order valence-corrected chi connectivity index (χ4v) is 3.46. The lowest BCUT2D eigenvalue weighted by Gasteiger charge is -2.34. The van der Waals surface area contributed by atoms with Crippen LogP contribution in [0.2, 0.25) is 0 Å². The Labute approximate surface area is 147 Å². The van der Waals surface area contributed by atoms with Gasteiger partial charge in [0.1, 0.15) is 11.6 Å². The maximum atomic E-state index is 13.1. The van der Waals surface area contributed by atoms with Crippen LogP contribution in [0.4, 0.5) is 10.2 Å². The zero-order chi connectivity index (χ0) is 17.8. The van der Waals surface area contributed by atoms with Gasteiger partial charge in [-0.25, -0.2) is 9.07 Å². The molecule has 1 saturated heterocycles. The molecule has 0 aliphatic carbocycles. The molecular formula is C19H25FN4O. The first kappa shape index (κ1) is 17.6. The number of aromatic nitrogens is 2. The summed E-state index contributed by atoms with van der Waals surface area (Å²) in [6, 6.07) is 8.39. The minimum Gasteiger partial charge on any atom is -0.309 e. The fourth-order valence-electron chi connectivity index (χ4n) is 3.46. The van der Waals surface area contributed by atoms with Gasteiger partial charge in [-0.3, -0.25) is 9.69 Å². The summed E-state index contributed by atoms with van der Waals surface area (Å²) in [5, 5.41) is 7.37. The first-order valence-corrected chi connectivity index (χ1v) is 8.93. The van der Waals surface area contributed by atoms with E-state index < -0.39 is 0 Å². The van der Waals surface area contributed by atoms with Gasteiger partial charge in [0.2, 0.25) is 5.91 Å². The molecule has 134 valence electrons. The molecule has 5 nitrogen and oxygen atoms in total. The fraction of sp³-hybridized carbons (Fsp3) is 0.474. The Morgan fingerprint density at radius 1 is 1.32 bits per heavy atom.